The number of nitrogen functional groups attached to an aromatic ring is 1. The number of quaternary nitrogens is 1. The van der Waals surface area contributed by atoms with Gasteiger partial charge in [0.2, 0.25) is 0 Å². The van der Waals surface area contributed by atoms with E-state index in [9.17, 15) is 9.90 Å². The Labute approximate surface area is 119 Å². The predicted octanol–water partition coefficient (Wildman–Crippen LogP) is 0.305. The molecule has 0 aromatic heterocycles. The maximum atomic E-state index is 12.1. The number of carbonyl (C=O) groups excluding carboxylic acids is 1. The number of phenols is 1. The summed E-state index contributed by atoms with van der Waals surface area (Å²) in [4.78, 5) is 14.4. The third-order valence-electron chi connectivity index (χ3n) is 3.86. The molecule has 1 aromatic rings. The minimum absolute atomic E-state index is 0.000574. The molecule has 1 amide bonds. The van der Waals surface area contributed by atoms with E-state index in [-0.39, 0.29) is 11.7 Å². The van der Waals surface area contributed by atoms with E-state index in [0.717, 1.165) is 30.7 Å². The second-order valence-corrected chi connectivity index (χ2v) is 5.85. The van der Waals surface area contributed by atoms with Crippen LogP contribution in [0, 0.1) is 0 Å². The van der Waals surface area contributed by atoms with E-state index in [2.05, 4.69) is 24.3 Å². The van der Waals surface area contributed by atoms with Crippen molar-refractivity contribution in [1.82, 2.24) is 4.90 Å². The number of nitrogens with two attached hydrogens (primary N) is 1. The van der Waals surface area contributed by atoms with Crippen LogP contribution in [0.1, 0.15) is 0 Å². The summed E-state index contributed by atoms with van der Waals surface area (Å²) in [6.07, 6.45) is 0. The molecule has 20 heavy (non-hydrogen) atoms. The second-order valence-electron chi connectivity index (χ2n) is 5.85. The van der Waals surface area contributed by atoms with Crippen LogP contribution in [0.3, 0.4) is 0 Å². The Morgan fingerprint density at radius 1 is 1.45 bits per heavy atom. The van der Waals surface area contributed by atoms with Gasteiger partial charge in [0.15, 0.2) is 6.54 Å². The van der Waals surface area contributed by atoms with Crippen molar-refractivity contribution < 1.29 is 14.4 Å². The highest BCUT2D eigenvalue weighted by Crippen LogP contribution is 2.25. The van der Waals surface area contributed by atoms with Crippen LogP contribution in [0.15, 0.2) is 18.2 Å². The molecule has 1 aliphatic heterocycles. The van der Waals surface area contributed by atoms with Crippen LogP contribution >= 0.6 is 0 Å². The van der Waals surface area contributed by atoms with Gasteiger partial charge in [0, 0.05) is 24.8 Å². The molecule has 0 unspecified atom stereocenters. The fourth-order valence-corrected chi connectivity index (χ4v) is 2.40. The Hall–Kier alpha value is -1.79. The Morgan fingerprint density at radius 2 is 2.10 bits per heavy atom. The summed E-state index contributed by atoms with van der Waals surface area (Å²) in [6, 6.07) is 4.70. The summed E-state index contributed by atoms with van der Waals surface area (Å²) >= 11 is 0. The van der Waals surface area contributed by atoms with Gasteiger partial charge in [0.05, 0.1) is 25.8 Å². The van der Waals surface area contributed by atoms with Crippen LogP contribution in [0.25, 0.3) is 0 Å². The number of benzene rings is 1. The van der Waals surface area contributed by atoms with Gasteiger partial charge in [-0.25, -0.2) is 0 Å². The summed E-state index contributed by atoms with van der Waals surface area (Å²) in [7, 11) is 4.19. The van der Waals surface area contributed by atoms with E-state index >= 15 is 0 Å². The lowest BCUT2D eigenvalue weighted by atomic mass is 10.2. The number of hydrogen-bond acceptors (Lipinski definition) is 4. The topological polar surface area (TPSA) is 78.6 Å². The first-order valence-electron chi connectivity index (χ1n) is 6.78. The smallest absolute Gasteiger partial charge is 0.279 e. The number of carbonyl (C=O) groups is 1. The van der Waals surface area contributed by atoms with Gasteiger partial charge in [-0.05, 0) is 19.2 Å². The van der Waals surface area contributed by atoms with E-state index in [1.165, 1.54) is 6.07 Å². The molecule has 1 heterocycles. The molecule has 0 atom stereocenters. The SMILES string of the molecule is CN1CC[N+](C)(CC(=O)Nc2ccc(N)cc2O)CC1. The molecule has 0 saturated carbocycles. The second kappa shape index (κ2) is 5.68. The van der Waals surface area contributed by atoms with Crippen molar-refractivity contribution in [3.05, 3.63) is 18.2 Å². The van der Waals surface area contributed by atoms with Gasteiger partial charge in [0.25, 0.3) is 5.91 Å². The largest absolute Gasteiger partial charge is 0.506 e. The van der Waals surface area contributed by atoms with E-state index in [0.29, 0.717) is 17.9 Å². The third-order valence-corrected chi connectivity index (χ3v) is 3.86. The lowest BCUT2D eigenvalue weighted by Gasteiger charge is -2.40. The first-order chi connectivity index (χ1) is 9.38. The Bertz CT molecular complexity index is 496. The predicted molar refractivity (Wildman–Crippen MR) is 79.4 cm³/mol. The van der Waals surface area contributed by atoms with Gasteiger partial charge in [-0.1, -0.05) is 0 Å². The molecule has 1 aromatic carbocycles. The zero-order valence-electron chi connectivity index (χ0n) is 12.1. The lowest BCUT2D eigenvalue weighted by molar-refractivity contribution is -0.905. The van der Waals surface area contributed by atoms with Gasteiger partial charge in [-0.2, -0.15) is 0 Å². The molecule has 1 saturated heterocycles. The molecule has 6 heteroatoms. The standard InChI is InChI=1S/C14H22N4O2/c1-17-5-7-18(2,8-6-17)10-14(20)16-12-4-3-11(15)9-13(12)19/h3-4,9H,5-8,10,15H2,1-2H3,(H-,16,19,20)/p+1. The highest BCUT2D eigenvalue weighted by Gasteiger charge is 2.29. The number of anilines is 2. The number of aromatic hydroxyl groups is 1. The number of hydrogen-bond donors (Lipinski definition) is 3. The van der Waals surface area contributed by atoms with Crippen molar-refractivity contribution >= 4 is 17.3 Å². The minimum atomic E-state index is -0.0860. The normalized spacial score (nSPS) is 18.7. The molecule has 0 radical (unpaired) electrons. The van der Waals surface area contributed by atoms with Gasteiger partial charge < -0.3 is 20.6 Å². The lowest BCUT2D eigenvalue weighted by Crippen LogP contribution is -2.58. The van der Waals surface area contributed by atoms with Gasteiger partial charge in [-0.15, -0.1) is 0 Å². The molecule has 2 rings (SSSR count). The molecule has 1 aliphatic rings. The highest BCUT2D eigenvalue weighted by molar-refractivity contribution is 5.93. The van der Waals surface area contributed by atoms with Crippen LogP contribution in [-0.2, 0) is 4.79 Å². The summed E-state index contributed by atoms with van der Waals surface area (Å²) in [5, 5.41) is 12.5. The fraction of sp³-hybridized carbons (Fsp3) is 0.500. The van der Waals surface area contributed by atoms with Crippen LogP contribution in [0.4, 0.5) is 11.4 Å². The Morgan fingerprint density at radius 3 is 2.70 bits per heavy atom. The van der Waals surface area contributed by atoms with E-state index in [4.69, 9.17) is 5.73 Å². The average molecular weight is 279 g/mol. The van der Waals surface area contributed by atoms with Crippen molar-refractivity contribution in [3.63, 3.8) is 0 Å². The zero-order chi connectivity index (χ0) is 14.8. The van der Waals surface area contributed by atoms with E-state index in [1.807, 2.05) is 0 Å². The number of piperazine rings is 1. The molecule has 0 spiro atoms. The molecule has 1 fully saturated rings. The molecule has 4 N–H and O–H groups in total. The number of rotatable bonds is 3. The van der Waals surface area contributed by atoms with Crippen molar-refractivity contribution in [2.45, 2.75) is 0 Å². The molecular formula is C14H23N4O2+. The number of nitrogens with one attached hydrogen (secondary N) is 1. The Balaban J connectivity index is 1.95. The summed E-state index contributed by atoms with van der Waals surface area (Å²) < 4.78 is 0.728. The monoisotopic (exact) mass is 279 g/mol. The number of likely N-dealkylation sites (N-methyl/N-ethyl adjacent to an activating group) is 2. The zero-order valence-corrected chi connectivity index (χ0v) is 12.1. The van der Waals surface area contributed by atoms with Crippen LogP contribution in [0.2, 0.25) is 0 Å². The molecule has 110 valence electrons. The highest BCUT2D eigenvalue weighted by atomic mass is 16.3. The van der Waals surface area contributed by atoms with Crippen molar-refractivity contribution in [3.8, 4) is 5.75 Å². The summed E-state index contributed by atoms with van der Waals surface area (Å²) in [5.74, 6) is -0.0866. The van der Waals surface area contributed by atoms with Crippen molar-refractivity contribution in [2.75, 3.05) is 57.9 Å². The van der Waals surface area contributed by atoms with Gasteiger partial charge >= 0.3 is 0 Å². The summed E-state index contributed by atoms with van der Waals surface area (Å²) in [5.41, 5.74) is 6.44. The van der Waals surface area contributed by atoms with Gasteiger partial charge in [0.1, 0.15) is 5.75 Å². The van der Waals surface area contributed by atoms with E-state index in [1.54, 1.807) is 12.1 Å². The summed E-state index contributed by atoms with van der Waals surface area (Å²) in [6.45, 7) is 4.32. The van der Waals surface area contributed by atoms with Crippen LogP contribution < -0.4 is 11.1 Å². The van der Waals surface area contributed by atoms with Crippen LogP contribution in [0.5, 0.6) is 5.75 Å². The van der Waals surface area contributed by atoms with Crippen molar-refractivity contribution in [2.24, 2.45) is 0 Å². The van der Waals surface area contributed by atoms with Crippen molar-refractivity contribution in [1.29, 1.82) is 0 Å². The average Bonchev–Trinajstić information content (AvgIpc) is 2.37. The van der Waals surface area contributed by atoms with Crippen LogP contribution in [-0.4, -0.2) is 67.2 Å². The first kappa shape index (κ1) is 14.6. The quantitative estimate of drug-likeness (QED) is 0.422. The maximum Gasteiger partial charge on any atom is 0.279 e. The van der Waals surface area contributed by atoms with E-state index < -0.39 is 0 Å². The fourth-order valence-electron chi connectivity index (χ4n) is 2.40. The molecule has 0 bridgehead atoms. The number of phenolic OH excluding ortho intramolecular Hbond substituents is 1. The molecule has 6 nitrogen and oxygen atoms in total. The number of amides is 1. The minimum Gasteiger partial charge on any atom is -0.506 e. The Kier molecular flexibility index (Phi) is 4.15. The molecular weight excluding hydrogens is 256 g/mol. The maximum absolute atomic E-state index is 12.1. The third kappa shape index (κ3) is 3.61. The van der Waals surface area contributed by atoms with Gasteiger partial charge in [-0.3, -0.25) is 9.69 Å². The first-order valence-corrected chi connectivity index (χ1v) is 6.78. The number of nitrogens with zero attached hydrogens (tertiary/aromatic N) is 2. The molecule has 0 aliphatic carbocycles.